The van der Waals surface area contributed by atoms with Gasteiger partial charge in [0, 0.05) is 0 Å². The molecular weight excluding hydrogens is 288 g/mol. The predicted octanol–water partition coefficient (Wildman–Crippen LogP) is 1.41. The van der Waals surface area contributed by atoms with Crippen LogP contribution in [0.5, 0.6) is 0 Å². The maximum Gasteiger partial charge on any atom is 0.371 e. The molecule has 0 rings (SSSR count). The van der Waals surface area contributed by atoms with E-state index >= 15 is 0 Å². The molecule has 0 unspecified atom stereocenters. The zero-order valence-corrected chi connectivity index (χ0v) is 13.1. The maximum atomic E-state index is 11.1. The Kier molecular flexibility index (Phi) is 8.37. The molecule has 9 nitrogen and oxygen atoms in total. The molecule has 9 heteroatoms. The largest absolute Gasteiger partial charge is 0.371 e. The van der Waals surface area contributed by atoms with Crippen molar-refractivity contribution in [2.75, 3.05) is 13.2 Å². The summed E-state index contributed by atoms with van der Waals surface area (Å²) in [4.78, 5) is 40.0. The van der Waals surface area contributed by atoms with E-state index < -0.39 is 36.4 Å². The summed E-state index contributed by atoms with van der Waals surface area (Å²) in [6.07, 6.45) is 0. The van der Waals surface area contributed by atoms with Gasteiger partial charge in [-0.15, -0.1) is 0 Å². The molecule has 0 spiro atoms. The fourth-order valence-electron chi connectivity index (χ4n) is 0.580. The highest BCUT2D eigenvalue weighted by Crippen LogP contribution is 2.08. The summed E-state index contributed by atoms with van der Waals surface area (Å²) in [5.74, 6) is -1.75. The van der Waals surface area contributed by atoms with Gasteiger partial charge in [-0.2, -0.15) is 9.78 Å². The fourth-order valence-corrected chi connectivity index (χ4v) is 0.580. The molecule has 0 aromatic carbocycles. The molecule has 0 saturated heterocycles. The van der Waals surface area contributed by atoms with Crippen molar-refractivity contribution in [2.45, 2.75) is 52.7 Å². The Hall–Kier alpha value is -1.26. The lowest BCUT2D eigenvalue weighted by molar-refractivity contribution is -0.515. The first-order valence-electron chi connectivity index (χ1n) is 6.18. The Morgan fingerprint density at radius 1 is 0.714 bits per heavy atom. The van der Waals surface area contributed by atoms with E-state index in [0.29, 0.717) is 0 Å². The summed E-state index contributed by atoms with van der Waals surface area (Å²) in [6, 6.07) is 0. The number of rotatable bonds is 8. The molecule has 0 heterocycles. The van der Waals surface area contributed by atoms with Crippen LogP contribution < -0.4 is 0 Å². The highest BCUT2D eigenvalue weighted by molar-refractivity contribution is 5.72. The number of carbonyl (C=O) groups excluding carboxylic acids is 2. The number of hydrogen-bond donors (Lipinski definition) is 0. The zero-order valence-electron chi connectivity index (χ0n) is 13.1. The minimum absolute atomic E-state index is 0.525. The van der Waals surface area contributed by atoms with Gasteiger partial charge in [-0.25, -0.2) is 9.59 Å². The van der Waals surface area contributed by atoms with Gasteiger partial charge in [0.1, 0.15) is 13.2 Å². The van der Waals surface area contributed by atoms with Crippen molar-refractivity contribution < 1.29 is 44.0 Å². The maximum absolute atomic E-state index is 11.1. The lowest BCUT2D eigenvalue weighted by atomic mass is 10.2. The van der Waals surface area contributed by atoms with Crippen LogP contribution in [0.4, 0.5) is 0 Å². The van der Waals surface area contributed by atoms with Gasteiger partial charge in [0.15, 0.2) is 0 Å². The molecule has 0 fully saturated rings. The molecule has 0 saturated carbocycles. The predicted molar refractivity (Wildman–Crippen MR) is 66.8 cm³/mol. The molecule has 124 valence electrons. The van der Waals surface area contributed by atoms with Gasteiger partial charge >= 0.3 is 11.9 Å². The van der Waals surface area contributed by atoms with Crippen molar-refractivity contribution >= 4 is 11.9 Å². The number of carbonyl (C=O) groups is 2. The van der Waals surface area contributed by atoms with E-state index in [1.807, 2.05) is 0 Å². The van der Waals surface area contributed by atoms with Gasteiger partial charge < -0.3 is 4.74 Å². The van der Waals surface area contributed by atoms with Gasteiger partial charge in [-0.3, -0.25) is 9.78 Å². The van der Waals surface area contributed by atoms with Crippen molar-refractivity contribution in [3.8, 4) is 0 Å². The second kappa shape index (κ2) is 8.90. The average Bonchev–Trinajstić information content (AvgIpc) is 2.25. The van der Waals surface area contributed by atoms with E-state index in [0.717, 1.165) is 0 Å². The Balaban J connectivity index is 3.60. The van der Waals surface area contributed by atoms with E-state index in [1.165, 1.54) is 0 Å². The molecule has 0 radical (unpaired) electrons. The lowest BCUT2D eigenvalue weighted by Gasteiger charge is -2.15. The van der Waals surface area contributed by atoms with Gasteiger partial charge in [0.05, 0.1) is 11.2 Å². The molecule has 0 amide bonds. The van der Waals surface area contributed by atoms with E-state index in [4.69, 9.17) is 4.74 Å². The molecule has 0 aliphatic rings. The molecule has 0 aromatic rings. The zero-order chi connectivity index (χ0) is 16.5. The molecule has 0 atom stereocenters. The first-order chi connectivity index (χ1) is 9.49. The Morgan fingerprint density at radius 3 is 1.33 bits per heavy atom. The van der Waals surface area contributed by atoms with Gasteiger partial charge in [0.25, 0.3) is 0 Å². The quantitative estimate of drug-likeness (QED) is 0.486. The van der Waals surface area contributed by atoms with Crippen LogP contribution in [0.2, 0.25) is 0 Å². The minimum Gasteiger partial charge on any atom is -0.358 e. The third-order valence-electron chi connectivity index (χ3n) is 1.26. The molecule has 0 aromatic heterocycles. The number of hydrogen-bond acceptors (Lipinski definition) is 9. The average molecular weight is 310 g/mol. The SMILES string of the molecule is CC(C)(C)OOOC(=O)COCC(=O)OOOC(C)(C)C. The van der Waals surface area contributed by atoms with Crippen molar-refractivity contribution in [1.82, 2.24) is 0 Å². The lowest BCUT2D eigenvalue weighted by Crippen LogP contribution is -2.24. The Bertz CT molecular complexity index is 295. The van der Waals surface area contributed by atoms with Crippen LogP contribution in [-0.2, 0) is 44.0 Å². The monoisotopic (exact) mass is 310 g/mol. The minimum atomic E-state index is -0.876. The highest BCUT2D eigenvalue weighted by atomic mass is 17.5. The van der Waals surface area contributed by atoms with Crippen molar-refractivity contribution in [3.63, 3.8) is 0 Å². The summed E-state index contributed by atoms with van der Waals surface area (Å²) in [5.41, 5.74) is -1.26. The van der Waals surface area contributed by atoms with E-state index in [2.05, 4.69) is 29.6 Å². The van der Waals surface area contributed by atoms with Crippen LogP contribution in [0.15, 0.2) is 0 Å². The van der Waals surface area contributed by atoms with Crippen LogP contribution in [0, 0.1) is 0 Å². The summed E-state index contributed by atoms with van der Waals surface area (Å²) in [5, 5.41) is 8.46. The Labute approximate surface area is 123 Å². The standard InChI is InChI=1S/C12H22O9/c1-11(2,3)18-20-16-9(13)7-15-8-10(14)17-21-19-12(4,5)6/h7-8H2,1-6H3. The van der Waals surface area contributed by atoms with Gasteiger partial charge in [-0.1, -0.05) is 0 Å². The van der Waals surface area contributed by atoms with Crippen LogP contribution >= 0.6 is 0 Å². The normalized spacial score (nSPS) is 12.1. The van der Waals surface area contributed by atoms with Gasteiger partial charge in [0.2, 0.25) is 0 Å². The summed E-state index contributed by atoms with van der Waals surface area (Å²) in [6.45, 7) is 9.16. The summed E-state index contributed by atoms with van der Waals surface area (Å²) in [7, 11) is 0. The second-order valence-corrected chi connectivity index (χ2v) is 5.93. The smallest absolute Gasteiger partial charge is 0.358 e. The summed E-state index contributed by atoms with van der Waals surface area (Å²) < 4.78 is 4.70. The summed E-state index contributed by atoms with van der Waals surface area (Å²) >= 11 is 0. The van der Waals surface area contributed by atoms with Crippen LogP contribution in [-0.4, -0.2) is 36.4 Å². The van der Waals surface area contributed by atoms with Crippen LogP contribution in [0.1, 0.15) is 41.5 Å². The molecule has 0 N–H and O–H groups in total. The fraction of sp³-hybridized carbons (Fsp3) is 0.833. The molecule has 0 aliphatic heterocycles. The van der Waals surface area contributed by atoms with Crippen molar-refractivity contribution in [3.05, 3.63) is 0 Å². The van der Waals surface area contributed by atoms with E-state index in [9.17, 15) is 9.59 Å². The van der Waals surface area contributed by atoms with Crippen molar-refractivity contribution in [2.24, 2.45) is 0 Å². The third-order valence-corrected chi connectivity index (χ3v) is 1.26. The second-order valence-electron chi connectivity index (χ2n) is 5.93. The van der Waals surface area contributed by atoms with Crippen LogP contribution in [0.3, 0.4) is 0 Å². The topological polar surface area (TPSA) is 98.8 Å². The molecule has 0 bridgehead atoms. The van der Waals surface area contributed by atoms with E-state index in [-0.39, 0.29) is 0 Å². The third kappa shape index (κ3) is 15.0. The first-order valence-corrected chi connectivity index (χ1v) is 6.18. The van der Waals surface area contributed by atoms with E-state index in [1.54, 1.807) is 41.5 Å². The molecule has 0 aliphatic carbocycles. The first kappa shape index (κ1) is 19.7. The number of ether oxygens (including phenoxy) is 1. The Morgan fingerprint density at radius 2 is 1.05 bits per heavy atom. The molecule has 21 heavy (non-hydrogen) atoms. The van der Waals surface area contributed by atoms with Crippen molar-refractivity contribution in [1.29, 1.82) is 0 Å². The van der Waals surface area contributed by atoms with Gasteiger partial charge in [-0.05, 0) is 51.6 Å². The van der Waals surface area contributed by atoms with Crippen LogP contribution in [0.25, 0.3) is 0 Å². The highest BCUT2D eigenvalue weighted by Gasteiger charge is 2.16. The molecular formula is C12H22O9.